The van der Waals surface area contributed by atoms with Crippen LogP contribution in [0.4, 0.5) is 36.8 Å². The molecule has 3 rings (SSSR count). The van der Waals surface area contributed by atoms with Crippen molar-refractivity contribution in [1.29, 1.82) is 0 Å². The van der Waals surface area contributed by atoms with Crippen molar-refractivity contribution in [3.05, 3.63) is 64.2 Å². The lowest BCUT2D eigenvalue weighted by atomic mass is 9.88. The summed E-state index contributed by atoms with van der Waals surface area (Å²) in [5.74, 6) is 0. The highest BCUT2D eigenvalue weighted by molar-refractivity contribution is 5.90. The highest BCUT2D eigenvalue weighted by Crippen LogP contribution is 2.43. The second-order valence-corrected chi connectivity index (χ2v) is 9.59. The molecule has 12 heteroatoms. The molecule has 0 fully saturated rings. The molecule has 0 N–H and O–H groups in total. The van der Waals surface area contributed by atoms with Crippen LogP contribution in [0.2, 0.25) is 0 Å². The lowest BCUT2D eigenvalue weighted by Crippen LogP contribution is -2.47. The van der Waals surface area contributed by atoms with Crippen LogP contribution < -0.4 is 4.90 Å². The lowest BCUT2D eigenvalue weighted by Gasteiger charge is -2.43. The van der Waals surface area contributed by atoms with Crippen molar-refractivity contribution < 1.29 is 45.5 Å². The van der Waals surface area contributed by atoms with E-state index in [-0.39, 0.29) is 42.5 Å². The minimum Gasteiger partial charge on any atom is -0.446 e. The van der Waals surface area contributed by atoms with Gasteiger partial charge in [-0.15, -0.1) is 0 Å². The molecule has 2 aromatic carbocycles. The van der Waals surface area contributed by atoms with Crippen molar-refractivity contribution in [1.82, 2.24) is 4.90 Å². The van der Waals surface area contributed by atoms with Crippen molar-refractivity contribution in [2.24, 2.45) is 0 Å². The van der Waals surface area contributed by atoms with E-state index in [0.29, 0.717) is 18.5 Å². The van der Waals surface area contributed by atoms with Gasteiger partial charge in [0.05, 0.1) is 22.9 Å². The topological polar surface area (TPSA) is 66.9 Å². The second-order valence-electron chi connectivity index (χ2n) is 9.59. The summed E-state index contributed by atoms with van der Waals surface area (Å²) in [4.78, 5) is 32.5. The summed E-state index contributed by atoms with van der Waals surface area (Å²) < 4.78 is 85.5. The van der Waals surface area contributed by atoms with E-state index in [0.717, 1.165) is 23.3 Å². The first kappa shape index (κ1) is 31.8. The number of nitrogens with zero attached hydrogens (tertiary/aromatic N) is 2. The second kappa shape index (κ2) is 12.7. The van der Waals surface area contributed by atoms with Gasteiger partial charge in [-0.25, -0.2) is 4.79 Å². The van der Waals surface area contributed by atoms with Gasteiger partial charge in [-0.1, -0.05) is 24.6 Å². The average molecular weight is 561 g/mol. The maximum Gasteiger partial charge on any atom is 0.416 e. The maximum atomic E-state index is 13.3. The molecule has 1 aliphatic rings. The van der Waals surface area contributed by atoms with E-state index in [1.807, 2.05) is 26.0 Å². The Morgan fingerprint density at radius 2 is 1.59 bits per heavy atom. The molecular weight excluding hydrogens is 530 g/mol. The third kappa shape index (κ3) is 8.06. The Morgan fingerprint density at radius 1 is 1.05 bits per heavy atom. The molecule has 0 radical (unpaired) electrons. The minimum absolute atomic E-state index is 0.0939. The van der Waals surface area contributed by atoms with E-state index in [1.165, 1.54) is 0 Å². The van der Waals surface area contributed by atoms with Gasteiger partial charge in [-0.3, -0.25) is 9.80 Å². The number of hydrogen-bond donors (Lipinski definition) is 0. The van der Waals surface area contributed by atoms with E-state index in [2.05, 4.69) is 0 Å². The van der Waals surface area contributed by atoms with Crippen LogP contribution in [-0.4, -0.2) is 36.3 Å². The van der Waals surface area contributed by atoms with Crippen molar-refractivity contribution in [3.63, 3.8) is 0 Å². The van der Waals surface area contributed by atoms with Gasteiger partial charge in [0.1, 0.15) is 0 Å². The molecule has 214 valence electrons. The smallest absolute Gasteiger partial charge is 0.416 e. The monoisotopic (exact) mass is 560 g/mol. The zero-order chi connectivity index (χ0) is 29.7. The quantitative estimate of drug-likeness (QED) is 0.363. The summed E-state index contributed by atoms with van der Waals surface area (Å²) in [6, 6.07) is 6.61. The van der Waals surface area contributed by atoms with Gasteiger partial charge < -0.3 is 4.74 Å². The SMILES string of the molecule is CC[C@@H]1C[C@H](N(C)Cc2cc(C(F)(F)F)cc(C(F)(F)F)c2)c2cc(C)ccc2N1C(=O)OC(C)C.O=C=O. The predicted octanol–water partition coefficient (Wildman–Crippen LogP) is 7.16. The lowest BCUT2D eigenvalue weighted by molar-refractivity contribution is -0.191. The number of halogens is 6. The fourth-order valence-electron chi connectivity index (χ4n) is 4.63. The molecule has 1 heterocycles. The molecule has 1 aliphatic heterocycles. The number of fused-ring (bicyclic) bond motifs is 1. The Hall–Kier alpha value is -3.37. The molecule has 6 nitrogen and oxygen atoms in total. The maximum absolute atomic E-state index is 13.3. The zero-order valence-electron chi connectivity index (χ0n) is 22.1. The summed E-state index contributed by atoms with van der Waals surface area (Å²) in [5.41, 5.74) is -0.460. The Morgan fingerprint density at radius 3 is 2.05 bits per heavy atom. The van der Waals surface area contributed by atoms with Crippen molar-refractivity contribution in [3.8, 4) is 0 Å². The van der Waals surface area contributed by atoms with Crippen LogP contribution in [0.1, 0.15) is 67.5 Å². The molecule has 39 heavy (non-hydrogen) atoms. The van der Waals surface area contributed by atoms with Gasteiger partial charge in [0.2, 0.25) is 0 Å². The molecule has 0 saturated carbocycles. The van der Waals surface area contributed by atoms with Gasteiger partial charge in [0.15, 0.2) is 0 Å². The van der Waals surface area contributed by atoms with Crippen LogP contribution in [0, 0.1) is 6.92 Å². The Labute approximate surface area is 222 Å². The number of carbonyl (C=O) groups excluding carboxylic acids is 3. The van der Waals surface area contributed by atoms with Crippen LogP contribution in [0.15, 0.2) is 36.4 Å². The van der Waals surface area contributed by atoms with Gasteiger partial charge in [0, 0.05) is 18.6 Å². The fourth-order valence-corrected chi connectivity index (χ4v) is 4.63. The Balaban J connectivity index is 0.00000170. The van der Waals surface area contributed by atoms with Crippen LogP contribution in [0.5, 0.6) is 0 Å². The Bertz CT molecular complexity index is 1160. The number of anilines is 1. The molecule has 2 aromatic rings. The number of benzene rings is 2. The first-order valence-corrected chi connectivity index (χ1v) is 12.1. The fraction of sp³-hybridized carbons (Fsp3) is 0.481. The van der Waals surface area contributed by atoms with E-state index in [4.69, 9.17) is 14.3 Å². The van der Waals surface area contributed by atoms with Crippen LogP contribution in [-0.2, 0) is 33.2 Å². The summed E-state index contributed by atoms with van der Waals surface area (Å²) in [6.07, 6.45) is -9.35. The Kier molecular flexibility index (Phi) is 10.3. The molecule has 2 atom stereocenters. The van der Waals surface area contributed by atoms with Crippen molar-refractivity contribution in [2.75, 3.05) is 11.9 Å². The van der Waals surface area contributed by atoms with Gasteiger partial charge in [-0.05, 0) is 76.1 Å². The van der Waals surface area contributed by atoms with Gasteiger partial charge >= 0.3 is 24.6 Å². The molecular formula is C27H30F6N2O4. The van der Waals surface area contributed by atoms with Crippen LogP contribution >= 0.6 is 0 Å². The summed E-state index contributed by atoms with van der Waals surface area (Å²) >= 11 is 0. The molecule has 0 bridgehead atoms. The van der Waals surface area contributed by atoms with E-state index >= 15 is 0 Å². The third-order valence-corrected chi connectivity index (χ3v) is 6.28. The van der Waals surface area contributed by atoms with E-state index in [9.17, 15) is 31.1 Å². The number of rotatable bonds is 5. The number of amides is 1. The molecule has 0 spiro atoms. The van der Waals surface area contributed by atoms with Crippen LogP contribution in [0.25, 0.3) is 0 Å². The third-order valence-electron chi connectivity index (χ3n) is 6.28. The summed E-state index contributed by atoms with van der Waals surface area (Å²) in [7, 11) is 1.67. The number of alkyl halides is 6. The summed E-state index contributed by atoms with van der Waals surface area (Å²) in [6.45, 7) is 7.15. The number of carbonyl (C=O) groups is 1. The largest absolute Gasteiger partial charge is 0.446 e. The number of hydrogen-bond acceptors (Lipinski definition) is 5. The van der Waals surface area contributed by atoms with Gasteiger partial charge in [-0.2, -0.15) is 35.9 Å². The first-order chi connectivity index (χ1) is 18.0. The molecule has 0 aliphatic carbocycles. The van der Waals surface area contributed by atoms with Gasteiger partial charge in [0.25, 0.3) is 0 Å². The van der Waals surface area contributed by atoms with Crippen LogP contribution in [0.3, 0.4) is 0 Å². The molecule has 0 saturated heterocycles. The highest BCUT2D eigenvalue weighted by Gasteiger charge is 2.39. The number of aryl methyl sites for hydroxylation is 1. The van der Waals surface area contributed by atoms with Crippen molar-refractivity contribution in [2.45, 2.75) is 77.6 Å². The minimum atomic E-state index is -4.91. The predicted molar refractivity (Wildman–Crippen MR) is 130 cm³/mol. The highest BCUT2D eigenvalue weighted by atomic mass is 19.4. The zero-order valence-corrected chi connectivity index (χ0v) is 22.1. The molecule has 0 aromatic heterocycles. The van der Waals surface area contributed by atoms with E-state index in [1.54, 1.807) is 36.8 Å². The normalized spacial score (nSPS) is 17.3. The van der Waals surface area contributed by atoms with E-state index < -0.39 is 29.6 Å². The molecule has 1 amide bonds. The standard InChI is InChI=1S/C26H30F6N2O2.CO2/c1-6-20-13-23(21-9-16(4)7-8-22(21)34(20)24(35)36-15(2)3)33(5)14-17-10-18(25(27,28)29)12-19(11-17)26(30,31)32;2-1-3/h7-12,15,20,23H,6,13-14H2,1-5H3;/t20-,23+;/m1./s1. The number of ether oxygens (including phenoxy) is 1. The summed E-state index contributed by atoms with van der Waals surface area (Å²) in [5, 5.41) is 0. The first-order valence-electron chi connectivity index (χ1n) is 12.1. The molecule has 0 unspecified atom stereocenters. The average Bonchev–Trinajstić information content (AvgIpc) is 2.81. The van der Waals surface area contributed by atoms with Crippen molar-refractivity contribution >= 4 is 17.9 Å².